The average Bonchev–Trinajstić information content (AvgIpc) is 2.86. The first-order chi connectivity index (χ1) is 10.1. The Morgan fingerprint density at radius 3 is 2.76 bits per heavy atom. The highest BCUT2D eigenvalue weighted by atomic mass is 79.9. The molecule has 1 aliphatic rings. The van der Waals surface area contributed by atoms with Crippen LogP contribution in [-0.2, 0) is 12.8 Å². The van der Waals surface area contributed by atoms with Crippen molar-refractivity contribution in [3.05, 3.63) is 63.6 Å². The van der Waals surface area contributed by atoms with Gasteiger partial charge in [0, 0.05) is 16.6 Å². The highest BCUT2D eigenvalue weighted by Gasteiger charge is 2.25. The van der Waals surface area contributed by atoms with Gasteiger partial charge in [0.1, 0.15) is 5.75 Å². The van der Waals surface area contributed by atoms with Crippen molar-refractivity contribution < 1.29 is 5.11 Å². The molecule has 0 heterocycles. The summed E-state index contributed by atoms with van der Waals surface area (Å²) in [6.07, 6.45) is 3.04. The van der Waals surface area contributed by atoms with E-state index in [9.17, 15) is 5.11 Å². The Kier molecular flexibility index (Phi) is 4.32. The first kappa shape index (κ1) is 14.6. The van der Waals surface area contributed by atoms with Crippen molar-refractivity contribution in [3.8, 4) is 5.75 Å². The number of aromatic hydroxyl groups is 1. The first-order valence-corrected chi connectivity index (χ1v) is 8.24. The highest BCUT2D eigenvalue weighted by Crippen LogP contribution is 2.36. The molecule has 1 aliphatic carbocycles. The molecule has 0 fully saturated rings. The second kappa shape index (κ2) is 6.20. The van der Waals surface area contributed by atoms with Crippen molar-refractivity contribution in [1.29, 1.82) is 0 Å². The summed E-state index contributed by atoms with van der Waals surface area (Å²) < 4.78 is 1.12. The zero-order chi connectivity index (χ0) is 14.8. The van der Waals surface area contributed by atoms with Gasteiger partial charge in [0.05, 0.1) is 0 Å². The smallest absolute Gasteiger partial charge is 0.119 e. The molecule has 3 rings (SSSR count). The van der Waals surface area contributed by atoms with Gasteiger partial charge >= 0.3 is 0 Å². The van der Waals surface area contributed by atoms with Crippen LogP contribution in [0.5, 0.6) is 5.75 Å². The fraction of sp³-hybridized carbons (Fsp3) is 0.333. The van der Waals surface area contributed by atoms with E-state index in [1.165, 1.54) is 11.1 Å². The van der Waals surface area contributed by atoms with Crippen LogP contribution in [0.1, 0.15) is 36.1 Å². The molecule has 0 saturated carbocycles. The third-order valence-corrected chi connectivity index (χ3v) is 4.72. The maximum atomic E-state index is 9.91. The molecule has 3 heteroatoms. The molecule has 2 nitrogen and oxygen atoms in total. The van der Waals surface area contributed by atoms with Gasteiger partial charge in [0.25, 0.3) is 0 Å². The lowest BCUT2D eigenvalue weighted by Gasteiger charge is -2.20. The number of nitrogens with one attached hydrogen (secondary N) is 1. The topological polar surface area (TPSA) is 32.3 Å². The monoisotopic (exact) mass is 345 g/mol. The molecule has 0 bridgehead atoms. The molecule has 2 unspecified atom stereocenters. The molecule has 0 aliphatic heterocycles. The predicted molar refractivity (Wildman–Crippen MR) is 89.6 cm³/mol. The normalized spacial score (nSPS) is 18.5. The molecule has 2 N–H and O–H groups in total. The Morgan fingerprint density at radius 1 is 1.24 bits per heavy atom. The van der Waals surface area contributed by atoms with E-state index in [1.807, 2.05) is 6.07 Å². The average molecular weight is 346 g/mol. The maximum absolute atomic E-state index is 9.91. The quantitative estimate of drug-likeness (QED) is 0.862. The number of fused-ring (bicyclic) bond motifs is 1. The summed E-state index contributed by atoms with van der Waals surface area (Å²) in [5.74, 6) is 0.442. The molecular formula is C18H20BrNO. The van der Waals surface area contributed by atoms with Crippen LogP contribution < -0.4 is 5.32 Å². The van der Waals surface area contributed by atoms with Gasteiger partial charge in [-0.15, -0.1) is 0 Å². The van der Waals surface area contributed by atoms with Crippen LogP contribution >= 0.6 is 15.9 Å². The highest BCUT2D eigenvalue weighted by molar-refractivity contribution is 9.10. The lowest BCUT2D eigenvalue weighted by molar-refractivity contribution is 0.451. The Morgan fingerprint density at radius 2 is 2.00 bits per heavy atom. The Bertz CT molecular complexity index is 624. The Balaban J connectivity index is 1.65. The van der Waals surface area contributed by atoms with Gasteiger partial charge in [-0.3, -0.25) is 0 Å². The minimum Gasteiger partial charge on any atom is -0.508 e. The van der Waals surface area contributed by atoms with Crippen molar-refractivity contribution in [2.75, 3.05) is 0 Å². The summed E-state index contributed by atoms with van der Waals surface area (Å²) in [6.45, 7) is 2.23. The fourth-order valence-electron chi connectivity index (χ4n) is 3.18. The SMILES string of the molecule is CC(Cc1ccc(Br)cc1)NC1CCc2c(O)cccc21. The first-order valence-electron chi connectivity index (χ1n) is 7.44. The largest absolute Gasteiger partial charge is 0.508 e. The molecule has 2 aromatic rings. The van der Waals surface area contributed by atoms with E-state index in [0.29, 0.717) is 17.8 Å². The second-order valence-electron chi connectivity index (χ2n) is 5.83. The van der Waals surface area contributed by atoms with Gasteiger partial charge in [-0.1, -0.05) is 40.2 Å². The van der Waals surface area contributed by atoms with Gasteiger partial charge in [0.2, 0.25) is 0 Å². The van der Waals surface area contributed by atoms with E-state index < -0.39 is 0 Å². The summed E-state index contributed by atoms with van der Waals surface area (Å²) in [4.78, 5) is 0. The van der Waals surface area contributed by atoms with E-state index in [4.69, 9.17) is 0 Å². The van der Waals surface area contributed by atoms with Crippen molar-refractivity contribution in [1.82, 2.24) is 5.32 Å². The predicted octanol–water partition coefficient (Wildman–Crippen LogP) is 4.36. The number of hydrogen-bond acceptors (Lipinski definition) is 2. The third kappa shape index (κ3) is 3.30. The van der Waals surface area contributed by atoms with Gasteiger partial charge in [-0.2, -0.15) is 0 Å². The summed E-state index contributed by atoms with van der Waals surface area (Å²) in [5.41, 5.74) is 3.72. The van der Waals surface area contributed by atoms with Crippen LogP contribution in [0, 0.1) is 0 Å². The molecule has 0 spiro atoms. The lowest BCUT2D eigenvalue weighted by Crippen LogP contribution is -2.31. The van der Waals surface area contributed by atoms with Crippen LogP contribution in [-0.4, -0.2) is 11.1 Å². The zero-order valence-corrected chi connectivity index (χ0v) is 13.7. The number of phenolic OH excluding ortho intramolecular Hbond substituents is 1. The summed E-state index contributed by atoms with van der Waals surface area (Å²) in [7, 11) is 0. The molecule has 0 radical (unpaired) electrons. The van der Waals surface area contributed by atoms with E-state index in [2.05, 4.69) is 58.5 Å². The molecule has 2 atom stereocenters. The Labute approximate surface area is 134 Å². The van der Waals surface area contributed by atoms with Crippen LogP contribution in [0.15, 0.2) is 46.9 Å². The van der Waals surface area contributed by atoms with Crippen molar-refractivity contribution in [2.45, 2.75) is 38.3 Å². The van der Waals surface area contributed by atoms with Crippen LogP contribution in [0.4, 0.5) is 0 Å². The minimum atomic E-state index is 0.359. The zero-order valence-electron chi connectivity index (χ0n) is 12.1. The van der Waals surface area contributed by atoms with Gasteiger partial charge in [0.15, 0.2) is 0 Å². The van der Waals surface area contributed by atoms with Crippen molar-refractivity contribution in [3.63, 3.8) is 0 Å². The maximum Gasteiger partial charge on any atom is 0.119 e. The van der Waals surface area contributed by atoms with E-state index in [1.54, 1.807) is 6.07 Å². The third-order valence-electron chi connectivity index (χ3n) is 4.19. The summed E-state index contributed by atoms with van der Waals surface area (Å²) in [6, 6.07) is 15.1. The molecule has 0 saturated heterocycles. The molecule has 110 valence electrons. The summed E-state index contributed by atoms with van der Waals surface area (Å²) in [5, 5.41) is 13.6. The molecule has 0 aromatic heterocycles. The number of benzene rings is 2. The fourth-order valence-corrected chi connectivity index (χ4v) is 3.45. The second-order valence-corrected chi connectivity index (χ2v) is 6.75. The standard InChI is InChI=1S/C18H20BrNO/c1-12(11-13-5-7-14(19)8-6-13)20-17-10-9-16-15(17)3-2-4-18(16)21/h2-8,12,17,20-21H,9-11H2,1H3. The van der Waals surface area contributed by atoms with E-state index in [0.717, 1.165) is 29.3 Å². The van der Waals surface area contributed by atoms with E-state index >= 15 is 0 Å². The Hall–Kier alpha value is -1.32. The van der Waals surface area contributed by atoms with Gasteiger partial charge in [-0.25, -0.2) is 0 Å². The number of halogens is 1. The van der Waals surface area contributed by atoms with Crippen molar-refractivity contribution >= 4 is 15.9 Å². The number of hydrogen-bond donors (Lipinski definition) is 2. The summed E-state index contributed by atoms with van der Waals surface area (Å²) >= 11 is 3.47. The molecule has 2 aromatic carbocycles. The van der Waals surface area contributed by atoms with Crippen LogP contribution in [0.25, 0.3) is 0 Å². The van der Waals surface area contributed by atoms with E-state index in [-0.39, 0.29) is 0 Å². The molecular weight excluding hydrogens is 326 g/mol. The minimum absolute atomic E-state index is 0.359. The van der Waals surface area contributed by atoms with Crippen molar-refractivity contribution in [2.24, 2.45) is 0 Å². The lowest BCUT2D eigenvalue weighted by atomic mass is 10.0. The molecule has 21 heavy (non-hydrogen) atoms. The van der Waals surface area contributed by atoms with Crippen LogP contribution in [0.2, 0.25) is 0 Å². The van der Waals surface area contributed by atoms with Gasteiger partial charge < -0.3 is 10.4 Å². The van der Waals surface area contributed by atoms with Gasteiger partial charge in [-0.05, 0) is 61.1 Å². The number of rotatable bonds is 4. The number of phenols is 1. The van der Waals surface area contributed by atoms with Crippen LogP contribution in [0.3, 0.4) is 0 Å². The molecule has 0 amide bonds.